The van der Waals surface area contributed by atoms with Crippen LogP contribution in [0.4, 0.5) is 0 Å². The van der Waals surface area contributed by atoms with Crippen molar-refractivity contribution in [3.05, 3.63) is 0 Å². The second kappa shape index (κ2) is 7.99. The Morgan fingerprint density at radius 1 is 1.20 bits per heavy atom. The molecule has 4 nitrogen and oxygen atoms in total. The molecule has 2 heterocycles. The smallest absolute Gasteiger partial charge is 0.303 e. The molecule has 4 heteroatoms. The number of carbonyl (C=O) groups is 1. The van der Waals surface area contributed by atoms with Gasteiger partial charge in [0.25, 0.3) is 0 Å². The summed E-state index contributed by atoms with van der Waals surface area (Å²) in [6.07, 6.45) is 7.84. The van der Waals surface area contributed by atoms with Gasteiger partial charge in [-0.25, -0.2) is 0 Å². The number of likely N-dealkylation sites (tertiary alicyclic amines) is 2. The van der Waals surface area contributed by atoms with Crippen molar-refractivity contribution in [3.63, 3.8) is 0 Å². The average Bonchev–Trinajstić information content (AvgIpc) is 2.41. The van der Waals surface area contributed by atoms with E-state index in [2.05, 4.69) is 16.7 Å². The van der Waals surface area contributed by atoms with Crippen molar-refractivity contribution in [1.29, 1.82) is 0 Å². The van der Waals surface area contributed by atoms with Gasteiger partial charge < -0.3 is 14.9 Å². The van der Waals surface area contributed by atoms with Crippen LogP contribution in [-0.4, -0.2) is 59.6 Å². The molecule has 2 aliphatic heterocycles. The van der Waals surface area contributed by atoms with E-state index >= 15 is 0 Å². The molecule has 0 aromatic carbocycles. The quantitative estimate of drug-likeness (QED) is 0.812. The first-order valence-corrected chi connectivity index (χ1v) is 8.33. The molecule has 0 bridgehead atoms. The van der Waals surface area contributed by atoms with Crippen LogP contribution in [0.15, 0.2) is 0 Å². The summed E-state index contributed by atoms with van der Waals surface area (Å²) in [5, 5.41) is 8.72. The Labute approximate surface area is 123 Å². The molecule has 0 aliphatic carbocycles. The van der Waals surface area contributed by atoms with E-state index in [0.29, 0.717) is 6.42 Å². The van der Waals surface area contributed by atoms with Crippen molar-refractivity contribution in [2.24, 2.45) is 5.92 Å². The van der Waals surface area contributed by atoms with Gasteiger partial charge in [0.05, 0.1) is 0 Å². The Kier molecular flexibility index (Phi) is 6.30. The van der Waals surface area contributed by atoms with Gasteiger partial charge in [-0.3, -0.25) is 4.79 Å². The van der Waals surface area contributed by atoms with E-state index in [1.807, 2.05) is 0 Å². The van der Waals surface area contributed by atoms with Crippen molar-refractivity contribution in [2.75, 3.05) is 32.7 Å². The third-order valence-electron chi connectivity index (χ3n) is 4.90. The number of hydrogen-bond donors (Lipinski definition) is 1. The minimum atomic E-state index is -0.666. The molecule has 2 fully saturated rings. The predicted octanol–water partition coefficient (Wildman–Crippen LogP) is 2.44. The Morgan fingerprint density at radius 3 is 2.80 bits per heavy atom. The molecule has 116 valence electrons. The highest BCUT2D eigenvalue weighted by Crippen LogP contribution is 2.22. The van der Waals surface area contributed by atoms with Crippen molar-refractivity contribution in [3.8, 4) is 0 Å². The average molecular weight is 282 g/mol. The molecule has 0 amide bonds. The summed E-state index contributed by atoms with van der Waals surface area (Å²) in [5.74, 6) is 0.120. The van der Waals surface area contributed by atoms with Gasteiger partial charge in [0.15, 0.2) is 0 Å². The number of nitrogens with zero attached hydrogens (tertiary/aromatic N) is 2. The van der Waals surface area contributed by atoms with Gasteiger partial charge in [-0.05, 0) is 64.6 Å². The van der Waals surface area contributed by atoms with Crippen LogP contribution in [0.1, 0.15) is 51.9 Å². The highest BCUT2D eigenvalue weighted by Gasteiger charge is 2.25. The number of aliphatic carboxylic acids is 1. The summed E-state index contributed by atoms with van der Waals surface area (Å²) < 4.78 is 0. The lowest BCUT2D eigenvalue weighted by molar-refractivity contribution is -0.137. The molecule has 0 saturated carbocycles. The van der Waals surface area contributed by atoms with Crippen molar-refractivity contribution < 1.29 is 9.90 Å². The maximum absolute atomic E-state index is 10.6. The molecule has 20 heavy (non-hydrogen) atoms. The van der Waals surface area contributed by atoms with Crippen LogP contribution in [-0.2, 0) is 4.79 Å². The molecule has 2 atom stereocenters. The Hall–Kier alpha value is -0.610. The lowest BCUT2D eigenvalue weighted by Crippen LogP contribution is -2.45. The molecule has 1 N–H and O–H groups in total. The predicted molar refractivity (Wildman–Crippen MR) is 80.9 cm³/mol. The van der Waals surface area contributed by atoms with Crippen LogP contribution >= 0.6 is 0 Å². The lowest BCUT2D eigenvalue weighted by Gasteiger charge is -2.39. The second-order valence-electron chi connectivity index (χ2n) is 6.65. The lowest BCUT2D eigenvalue weighted by atomic mass is 9.94. The summed E-state index contributed by atoms with van der Waals surface area (Å²) in [6, 6.07) is 0.756. The second-order valence-corrected chi connectivity index (χ2v) is 6.65. The fourth-order valence-corrected chi connectivity index (χ4v) is 3.72. The van der Waals surface area contributed by atoms with E-state index in [-0.39, 0.29) is 0 Å². The van der Waals surface area contributed by atoms with Gasteiger partial charge in [0.2, 0.25) is 0 Å². The zero-order valence-electron chi connectivity index (χ0n) is 12.9. The number of piperidine rings is 2. The first-order chi connectivity index (χ1) is 9.65. The van der Waals surface area contributed by atoms with Crippen LogP contribution in [0, 0.1) is 5.92 Å². The van der Waals surface area contributed by atoms with Gasteiger partial charge in [-0.2, -0.15) is 0 Å². The fraction of sp³-hybridized carbons (Fsp3) is 0.938. The van der Waals surface area contributed by atoms with Crippen LogP contribution in [0.5, 0.6) is 0 Å². The van der Waals surface area contributed by atoms with Crippen molar-refractivity contribution in [2.45, 2.75) is 57.9 Å². The third kappa shape index (κ3) is 5.06. The van der Waals surface area contributed by atoms with Gasteiger partial charge in [0.1, 0.15) is 0 Å². The van der Waals surface area contributed by atoms with E-state index in [1.54, 1.807) is 0 Å². The Bertz CT molecular complexity index is 309. The number of carboxylic acid groups (broad SMARTS) is 1. The van der Waals surface area contributed by atoms with E-state index in [1.165, 1.54) is 51.7 Å². The number of carboxylic acids is 1. The van der Waals surface area contributed by atoms with E-state index in [9.17, 15) is 4.79 Å². The summed E-state index contributed by atoms with van der Waals surface area (Å²) in [4.78, 5) is 15.7. The molecule has 2 rings (SSSR count). The highest BCUT2D eigenvalue weighted by atomic mass is 16.4. The monoisotopic (exact) mass is 282 g/mol. The largest absolute Gasteiger partial charge is 0.481 e. The summed E-state index contributed by atoms with van der Waals surface area (Å²) in [6.45, 7) is 8.17. The number of rotatable bonds is 6. The molecular formula is C16H30N2O2. The Balaban J connectivity index is 1.71. The van der Waals surface area contributed by atoms with E-state index < -0.39 is 5.97 Å². The summed E-state index contributed by atoms with van der Waals surface area (Å²) in [5.41, 5.74) is 0. The summed E-state index contributed by atoms with van der Waals surface area (Å²) in [7, 11) is 0. The highest BCUT2D eigenvalue weighted by molar-refractivity contribution is 5.66. The van der Waals surface area contributed by atoms with Crippen LogP contribution in [0.25, 0.3) is 0 Å². The van der Waals surface area contributed by atoms with Gasteiger partial charge in [-0.1, -0.05) is 6.42 Å². The zero-order valence-corrected chi connectivity index (χ0v) is 12.9. The minimum Gasteiger partial charge on any atom is -0.481 e. The molecule has 0 aromatic heterocycles. The molecule has 0 spiro atoms. The van der Waals surface area contributed by atoms with Crippen molar-refractivity contribution >= 4 is 5.97 Å². The topological polar surface area (TPSA) is 43.8 Å². The minimum absolute atomic E-state index is 0.310. The number of hydrogen-bond acceptors (Lipinski definition) is 3. The third-order valence-corrected chi connectivity index (χ3v) is 4.90. The SMILES string of the molecule is CC1CCCCN1CC1CCCN(CCCC(=O)O)C1. The molecule has 0 radical (unpaired) electrons. The standard InChI is InChI=1S/C16H30N2O2/c1-14-6-2-3-11-18(14)13-15-7-4-9-17(12-15)10-5-8-16(19)20/h14-15H,2-13H2,1H3,(H,19,20). The van der Waals surface area contributed by atoms with Crippen molar-refractivity contribution in [1.82, 2.24) is 9.80 Å². The molecule has 2 saturated heterocycles. The van der Waals surface area contributed by atoms with E-state index in [0.717, 1.165) is 31.5 Å². The molecule has 2 aliphatic rings. The normalized spacial score (nSPS) is 29.4. The van der Waals surface area contributed by atoms with Crippen LogP contribution < -0.4 is 0 Å². The maximum Gasteiger partial charge on any atom is 0.303 e. The Morgan fingerprint density at radius 2 is 2.05 bits per heavy atom. The van der Waals surface area contributed by atoms with E-state index in [4.69, 9.17) is 5.11 Å². The van der Waals surface area contributed by atoms with Gasteiger partial charge >= 0.3 is 5.97 Å². The van der Waals surface area contributed by atoms with Crippen LogP contribution in [0.3, 0.4) is 0 Å². The van der Waals surface area contributed by atoms with Crippen LogP contribution in [0.2, 0.25) is 0 Å². The summed E-state index contributed by atoms with van der Waals surface area (Å²) >= 11 is 0. The molecule has 2 unspecified atom stereocenters. The zero-order chi connectivity index (χ0) is 14.4. The fourth-order valence-electron chi connectivity index (χ4n) is 3.72. The van der Waals surface area contributed by atoms with Gasteiger partial charge in [-0.15, -0.1) is 0 Å². The van der Waals surface area contributed by atoms with Gasteiger partial charge in [0, 0.05) is 25.6 Å². The first kappa shape index (κ1) is 15.8. The maximum atomic E-state index is 10.6. The first-order valence-electron chi connectivity index (χ1n) is 8.33. The molecule has 0 aromatic rings. The molecular weight excluding hydrogens is 252 g/mol.